The fourth-order valence-corrected chi connectivity index (χ4v) is 8.76. The van der Waals surface area contributed by atoms with Crippen LogP contribution in [0.3, 0.4) is 0 Å². The molecule has 0 saturated carbocycles. The van der Waals surface area contributed by atoms with Gasteiger partial charge >= 0.3 is 13.7 Å². The molecule has 0 spiro atoms. The highest BCUT2D eigenvalue weighted by Crippen LogP contribution is 2.47. The molecule has 5 atom stereocenters. The highest BCUT2D eigenvalue weighted by Gasteiger charge is 2.44. The molecule has 2 aliphatic heterocycles. The molecule has 17 heteroatoms. The fourth-order valence-electron chi connectivity index (χ4n) is 6.01. The van der Waals surface area contributed by atoms with Crippen molar-refractivity contribution in [2.45, 2.75) is 82.8 Å². The van der Waals surface area contributed by atoms with Crippen molar-refractivity contribution >= 4 is 45.1 Å². The predicted molar refractivity (Wildman–Crippen MR) is 203 cm³/mol. The SMILES string of the molecule is CCOP(=O)(COc1ccc(C[C@H](NC(=O)O[C@H]2CO[C@H]3OCC[C@H]32)[C@H](O)CNCC(CC)CC)cc1)OCC.CS(=O)(=O)c1ccc2ncsc2c1. The standard InChI is InChI=1S/C28H47N2O9P.C8H7NO2S2/c1-5-20(6-2)16-29-17-25(31)24(30-28(32)39-26-18-35-27-23(26)13-14-34-27)15-21-9-11-22(12-10-21)36-19-40(33,37-7-3)38-8-4;1-13(10,11)6-2-3-7-8(4-6)12-5-9-7/h9-12,20,23-27,29,31H,5-8,13-19H2,1-4H3,(H,30,32);2-5H,1H3/t23-,24-,25+,26-,27+;/m0./s1. The highest BCUT2D eigenvalue weighted by atomic mass is 32.2. The number of fused-ring (bicyclic) bond motifs is 2. The monoisotopic (exact) mass is 799 g/mol. The van der Waals surface area contributed by atoms with E-state index in [2.05, 4.69) is 29.5 Å². The van der Waals surface area contributed by atoms with Crippen molar-refractivity contribution in [3.05, 3.63) is 53.5 Å². The van der Waals surface area contributed by atoms with Crippen LogP contribution in [-0.2, 0) is 44.1 Å². The number of hydrogen-bond donors (Lipinski definition) is 3. The summed E-state index contributed by atoms with van der Waals surface area (Å²) in [4.78, 5) is 17.3. The first kappa shape index (κ1) is 43.1. The van der Waals surface area contributed by atoms with Gasteiger partial charge in [0.1, 0.15) is 11.9 Å². The summed E-state index contributed by atoms with van der Waals surface area (Å²) >= 11 is 1.44. The number of alkyl carbamates (subject to hydrolysis) is 1. The number of nitrogens with one attached hydrogen (secondary N) is 2. The number of ether oxygens (including phenoxy) is 4. The third-order valence-corrected chi connectivity index (χ3v) is 12.8. The van der Waals surface area contributed by atoms with Crippen LogP contribution in [0.2, 0.25) is 0 Å². The number of rotatable bonds is 19. The maximum absolute atomic E-state index is 12.9. The molecule has 0 radical (unpaired) electrons. The predicted octanol–water partition coefficient (Wildman–Crippen LogP) is 5.77. The van der Waals surface area contributed by atoms with Crippen LogP contribution in [0.1, 0.15) is 52.5 Å². The Morgan fingerprint density at radius 1 is 1.06 bits per heavy atom. The second-order valence-corrected chi connectivity index (χ2v) is 17.8. The topological polar surface area (TPSA) is 181 Å². The third kappa shape index (κ3) is 13.3. The van der Waals surface area contributed by atoms with Crippen molar-refractivity contribution in [1.82, 2.24) is 15.6 Å². The molecule has 1 amide bonds. The number of aliphatic hydroxyl groups excluding tert-OH is 1. The first-order valence-electron chi connectivity index (χ1n) is 18.1. The van der Waals surface area contributed by atoms with Crippen molar-refractivity contribution in [2.75, 3.05) is 52.1 Å². The van der Waals surface area contributed by atoms with Gasteiger partial charge in [-0.3, -0.25) is 4.57 Å². The molecule has 1 aromatic heterocycles. The molecule has 296 valence electrons. The van der Waals surface area contributed by atoms with Crippen LogP contribution in [0.15, 0.2) is 52.9 Å². The van der Waals surface area contributed by atoms with E-state index in [-0.39, 0.29) is 37.9 Å². The molecule has 5 rings (SSSR count). The molecule has 0 unspecified atom stereocenters. The minimum Gasteiger partial charge on any atom is -0.481 e. The van der Waals surface area contributed by atoms with Gasteiger partial charge in [-0.2, -0.15) is 0 Å². The Bertz CT molecular complexity index is 1710. The van der Waals surface area contributed by atoms with Gasteiger partial charge < -0.3 is 43.7 Å². The smallest absolute Gasteiger partial charge is 0.407 e. The number of benzene rings is 2. The number of aromatic nitrogens is 1. The van der Waals surface area contributed by atoms with E-state index in [0.29, 0.717) is 42.7 Å². The van der Waals surface area contributed by atoms with Gasteiger partial charge in [0.2, 0.25) is 0 Å². The molecular weight excluding hydrogens is 746 g/mol. The summed E-state index contributed by atoms with van der Waals surface area (Å²) in [5.74, 6) is 1.07. The minimum atomic E-state index is -3.33. The molecule has 2 aliphatic rings. The molecule has 3 N–H and O–H groups in total. The Hall–Kier alpha value is -2.66. The van der Waals surface area contributed by atoms with Crippen molar-refractivity contribution in [3.8, 4) is 5.75 Å². The van der Waals surface area contributed by atoms with Crippen molar-refractivity contribution in [3.63, 3.8) is 0 Å². The van der Waals surface area contributed by atoms with E-state index in [0.717, 1.165) is 41.6 Å². The average Bonchev–Trinajstić information content (AvgIpc) is 3.89. The lowest BCUT2D eigenvalue weighted by Crippen LogP contribution is -2.50. The lowest BCUT2D eigenvalue weighted by Gasteiger charge is -2.26. The van der Waals surface area contributed by atoms with Gasteiger partial charge in [-0.25, -0.2) is 18.2 Å². The minimum absolute atomic E-state index is 0.0316. The third-order valence-electron chi connectivity index (χ3n) is 9.10. The van der Waals surface area contributed by atoms with Gasteiger partial charge in [-0.15, -0.1) is 11.3 Å². The van der Waals surface area contributed by atoms with Gasteiger partial charge in [-0.1, -0.05) is 38.8 Å². The lowest BCUT2D eigenvalue weighted by atomic mass is 10.00. The number of nitrogens with zero attached hydrogens (tertiary/aromatic N) is 1. The molecule has 3 aromatic rings. The quantitative estimate of drug-likeness (QED) is 0.124. The van der Waals surface area contributed by atoms with Crippen molar-refractivity contribution in [2.24, 2.45) is 11.8 Å². The normalized spacial score (nSPS) is 19.7. The van der Waals surface area contributed by atoms with E-state index in [4.69, 9.17) is 28.0 Å². The van der Waals surface area contributed by atoms with Gasteiger partial charge in [0.25, 0.3) is 0 Å². The summed E-state index contributed by atoms with van der Waals surface area (Å²) in [5, 5.41) is 17.3. The van der Waals surface area contributed by atoms with Crippen LogP contribution < -0.4 is 15.4 Å². The zero-order chi connectivity index (χ0) is 38.4. The Morgan fingerprint density at radius 2 is 1.77 bits per heavy atom. The van der Waals surface area contributed by atoms with E-state index in [1.807, 2.05) is 12.1 Å². The maximum Gasteiger partial charge on any atom is 0.407 e. The van der Waals surface area contributed by atoms with Crippen LogP contribution in [-0.4, -0.2) is 101 Å². The number of aliphatic hydroxyl groups is 1. The van der Waals surface area contributed by atoms with Crippen LogP contribution >= 0.6 is 18.9 Å². The van der Waals surface area contributed by atoms with Crippen LogP contribution in [0.25, 0.3) is 10.2 Å². The van der Waals surface area contributed by atoms with E-state index >= 15 is 0 Å². The Labute approximate surface area is 316 Å². The van der Waals surface area contributed by atoms with E-state index in [1.54, 1.807) is 49.7 Å². The molecule has 2 fully saturated rings. The Balaban J connectivity index is 0.000000401. The number of carbonyl (C=O) groups is 1. The van der Waals surface area contributed by atoms with Crippen LogP contribution in [0.5, 0.6) is 5.75 Å². The maximum atomic E-state index is 12.9. The van der Waals surface area contributed by atoms with Gasteiger partial charge in [0.15, 0.2) is 22.5 Å². The summed E-state index contributed by atoms with van der Waals surface area (Å²) in [7, 11) is -6.42. The second kappa shape index (κ2) is 20.9. The summed E-state index contributed by atoms with van der Waals surface area (Å²) in [6.45, 7) is 10.3. The van der Waals surface area contributed by atoms with Crippen molar-refractivity contribution < 1.29 is 50.9 Å². The summed E-state index contributed by atoms with van der Waals surface area (Å²) in [5.41, 5.74) is 3.43. The Morgan fingerprint density at radius 3 is 2.43 bits per heavy atom. The van der Waals surface area contributed by atoms with E-state index in [9.17, 15) is 22.9 Å². The molecule has 3 heterocycles. The molecule has 2 saturated heterocycles. The summed E-state index contributed by atoms with van der Waals surface area (Å²) in [6, 6.07) is 11.6. The Kier molecular flexibility index (Phi) is 17.0. The van der Waals surface area contributed by atoms with Gasteiger partial charge in [-0.05, 0) is 75.0 Å². The van der Waals surface area contributed by atoms with Crippen LogP contribution in [0, 0.1) is 11.8 Å². The van der Waals surface area contributed by atoms with Gasteiger partial charge in [0, 0.05) is 12.8 Å². The number of thiazole rings is 1. The second-order valence-electron chi connectivity index (χ2n) is 12.9. The molecule has 0 aliphatic carbocycles. The molecule has 53 heavy (non-hydrogen) atoms. The molecule has 0 bridgehead atoms. The molecule has 2 aromatic carbocycles. The summed E-state index contributed by atoms with van der Waals surface area (Å²) < 4.78 is 68.9. The lowest BCUT2D eigenvalue weighted by molar-refractivity contribution is -0.0907. The highest BCUT2D eigenvalue weighted by molar-refractivity contribution is 7.90. The summed E-state index contributed by atoms with van der Waals surface area (Å²) in [6.07, 6.45) is 2.16. The van der Waals surface area contributed by atoms with Crippen molar-refractivity contribution in [1.29, 1.82) is 0 Å². The number of carbonyl (C=O) groups excluding carboxylic acids is 1. The average molecular weight is 800 g/mol. The van der Waals surface area contributed by atoms with E-state index < -0.39 is 35.7 Å². The molecular formula is C36H54N3O11PS2. The number of sulfone groups is 1. The van der Waals surface area contributed by atoms with Crippen LogP contribution in [0.4, 0.5) is 4.79 Å². The number of hydrogen-bond acceptors (Lipinski definition) is 14. The zero-order valence-corrected chi connectivity index (χ0v) is 33.6. The first-order valence-corrected chi connectivity index (χ1v) is 22.6. The molecule has 14 nitrogen and oxygen atoms in total. The van der Waals surface area contributed by atoms with E-state index in [1.165, 1.54) is 17.6 Å². The number of amides is 1. The first-order chi connectivity index (χ1) is 25.4. The van der Waals surface area contributed by atoms with Gasteiger partial charge in [0.05, 0.1) is 65.1 Å². The zero-order valence-electron chi connectivity index (χ0n) is 31.1. The largest absolute Gasteiger partial charge is 0.481 e. The fraction of sp³-hybridized carbons (Fsp3) is 0.611.